The van der Waals surface area contributed by atoms with E-state index in [4.69, 9.17) is 0 Å². The van der Waals surface area contributed by atoms with Gasteiger partial charge < -0.3 is 4.57 Å². The van der Waals surface area contributed by atoms with E-state index < -0.39 is 15.8 Å². The lowest BCUT2D eigenvalue weighted by Crippen LogP contribution is -2.39. The zero-order chi connectivity index (χ0) is 19.2. The normalized spacial score (nSPS) is 16.9. The minimum Gasteiger partial charge on any atom is -0.325 e. The highest BCUT2D eigenvalue weighted by Crippen LogP contribution is 2.31. The first-order valence-electron chi connectivity index (χ1n) is 8.76. The number of nitrogens with zero attached hydrogens (tertiary/aromatic N) is 3. The third kappa shape index (κ3) is 3.12. The molecule has 0 N–H and O–H groups in total. The molecule has 5 nitrogen and oxygen atoms in total. The zero-order valence-corrected chi connectivity index (χ0v) is 15.6. The fraction of sp³-hybridized carbons (Fsp3) is 0.316. The van der Waals surface area contributed by atoms with E-state index in [0.717, 1.165) is 17.4 Å². The van der Waals surface area contributed by atoms with Crippen LogP contribution in [-0.4, -0.2) is 35.4 Å². The molecule has 0 saturated carbocycles. The van der Waals surface area contributed by atoms with Crippen molar-refractivity contribution >= 4 is 21.1 Å². The van der Waals surface area contributed by atoms with Crippen LogP contribution in [0.5, 0.6) is 0 Å². The number of fused-ring (bicyclic) bond motifs is 1. The van der Waals surface area contributed by atoms with Crippen molar-refractivity contribution in [1.29, 1.82) is 0 Å². The number of halogens is 2. The lowest BCUT2D eigenvalue weighted by molar-refractivity contribution is 0.274. The molecule has 3 aromatic rings. The van der Waals surface area contributed by atoms with Gasteiger partial charge in [0.1, 0.15) is 22.4 Å². The minimum atomic E-state index is -3.86. The second-order valence-electron chi connectivity index (χ2n) is 6.73. The Morgan fingerprint density at radius 3 is 2.48 bits per heavy atom. The molecule has 8 heteroatoms. The molecular formula is C19H19F2N3O2S. The summed E-state index contributed by atoms with van der Waals surface area (Å²) in [5.74, 6) is -0.304. The number of aryl methyl sites for hydroxylation is 1. The van der Waals surface area contributed by atoms with Crippen molar-refractivity contribution in [2.45, 2.75) is 30.7 Å². The number of imidazole rings is 1. The van der Waals surface area contributed by atoms with Crippen molar-refractivity contribution in [3.05, 3.63) is 59.9 Å². The summed E-state index contributed by atoms with van der Waals surface area (Å²) in [4.78, 5) is 4.13. The first-order valence-corrected chi connectivity index (χ1v) is 10.2. The first kappa shape index (κ1) is 18.1. The van der Waals surface area contributed by atoms with Crippen molar-refractivity contribution in [2.24, 2.45) is 0 Å². The Kier molecular flexibility index (Phi) is 4.47. The summed E-state index contributed by atoms with van der Waals surface area (Å²) in [5.41, 5.74) is 1.43. The zero-order valence-electron chi connectivity index (χ0n) is 14.8. The van der Waals surface area contributed by atoms with Crippen LogP contribution in [0.4, 0.5) is 8.78 Å². The second-order valence-corrected chi connectivity index (χ2v) is 8.63. The Labute approximate surface area is 156 Å². The van der Waals surface area contributed by atoms with Gasteiger partial charge in [-0.15, -0.1) is 0 Å². The van der Waals surface area contributed by atoms with Crippen LogP contribution >= 0.6 is 0 Å². The van der Waals surface area contributed by atoms with E-state index in [9.17, 15) is 17.2 Å². The predicted octanol–water partition coefficient (Wildman–Crippen LogP) is 3.65. The minimum absolute atomic E-state index is 0.0625. The molecule has 27 heavy (non-hydrogen) atoms. The second kappa shape index (κ2) is 6.69. The van der Waals surface area contributed by atoms with Gasteiger partial charge >= 0.3 is 0 Å². The molecule has 0 unspecified atom stereocenters. The van der Waals surface area contributed by atoms with Crippen molar-refractivity contribution in [2.75, 3.05) is 13.1 Å². The third-order valence-corrected chi connectivity index (χ3v) is 7.00. The van der Waals surface area contributed by atoms with Gasteiger partial charge in [0.2, 0.25) is 10.0 Å². The van der Waals surface area contributed by atoms with Crippen molar-refractivity contribution < 1.29 is 17.2 Å². The Morgan fingerprint density at radius 2 is 1.78 bits per heavy atom. The molecule has 142 valence electrons. The van der Waals surface area contributed by atoms with E-state index in [1.807, 2.05) is 11.5 Å². The summed E-state index contributed by atoms with van der Waals surface area (Å²) in [6.07, 6.45) is 1.16. The predicted molar refractivity (Wildman–Crippen MR) is 97.9 cm³/mol. The topological polar surface area (TPSA) is 55.2 Å². The van der Waals surface area contributed by atoms with E-state index >= 15 is 0 Å². The molecule has 1 aliphatic heterocycles. The van der Waals surface area contributed by atoms with Crippen LogP contribution in [0, 0.1) is 18.6 Å². The number of hydrogen-bond donors (Lipinski definition) is 0. The Hall–Kier alpha value is -2.32. The van der Waals surface area contributed by atoms with Crippen LogP contribution in [0.3, 0.4) is 0 Å². The molecule has 1 saturated heterocycles. The molecule has 0 bridgehead atoms. The molecule has 1 aromatic heterocycles. The van der Waals surface area contributed by atoms with Gasteiger partial charge in [-0.3, -0.25) is 0 Å². The molecule has 2 aromatic carbocycles. The Morgan fingerprint density at radius 1 is 1.07 bits per heavy atom. The summed E-state index contributed by atoms with van der Waals surface area (Å²) in [6, 6.07) is 9.99. The van der Waals surface area contributed by atoms with Gasteiger partial charge in [0, 0.05) is 25.2 Å². The van der Waals surface area contributed by atoms with Crippen LogP contribution in [0.15, 0.2) is 47.4 Å². The van der Waals surface area contributed by atoms with Crippen molar-refractivity contribution in [3.63, 3.8) is 0 Å². The number of benzene rings is 2. The molecule has 2 heterocycles. The average molecular weight is 391 g/mol. The quantitative estimate of drug-likeness (QED) is 0.685. The van der Waals surface area contributed by atoms with Crippen LogP contribution in [0.25, 0.3) is 11.0 Å². The lowest BCUT2D eigenvalue weighted by atomic mass is 10.1. The lowest BCUT2D eigenvalue weighted by Gasteiger charge is -2.32. The van der Waals surface area contributed by atoms with Gasteiger partial charge in [0.25, 0.3) is 0 Å². The number of piperidine rings is 1. The smallest absolute Gasteiger partial charge is 0.245 e. The molecule has 0 aliphatic carbocycles. The Bertz CT molecular complexity index is 1100. The number of sulfonamides is 1. The number of hydrogen-bond acceptors (Lipinski definition) is 3. The summed E-state index contributed by atoms with van der Waals surface area (Å²) in [6.45, 7) is 2.45. The highest BCUT2D eigenvalue weighted by atomic mass is 32.2. The molecule has 1 aliphatic rings. The monoisotopic (exact) mass is 391 g/mol. The van der Waals surface area contributed by atoms with Crippen LogP contribution in [-0.2, 0) is 10.0 Å². The molecule has 4 rings (SSSR count). The van der Waals surface area contributed by atoms with Gasteiger partial charge in [0.15, 0.2) is 0 Å². The van der Waals surface area contributed by atoms with Crippen molar-refractivity contribution in [1.82, 2.24) is 13.9 Å². The van der Waals surface area contributed by atoms with Crippen molar-refractivity contribution in [3.8, 4) is 0 Å². The molecule has 1 fully saturated rings. The molecule has 0 amide bonds. The highest BCUT2D eigenvalue weighted by Gasteiger charge is 2.32. The van der Waals surface area contributed by atoms with Crippen LogP contribution < -0.4 is 0 Å². The Balaban J connectivity index is 1.58. The fourth-order valence-corrected chi connectivity index (χ4v) is 5.32. The summed E-state index contributed by atoms with van der Waals surface area (Å²) in [5, 5.41) is 0. The van der Waals surface area contributed by atoms with Crippen LogP contribution in [0.2, 0.25) is 0 Å². The fourth-order valence-electron chi connectivity index (χ4n) is 3.79. The standard InChI is InChI=1S/C19H19F2N3O2S/c1-13-22-17-12-14(20)6-7-18(17)24(13)15-8-10-23(11-9-15)27(25,26)19-5-3-2-4-16(19)21/h2-7,12,15H,8-11H2,1H3. The molecule has 0 spiro atoms. The van der Waals surface area contributed by atoms with E-state index in [1.54, 1.807) is 6.07 Å². The summed E-state index contributed by atoms with van der Waals surface area (Å²) in [7, 11) is -3.86. The first-order chi connectivity index (χ1) is 12.9. The SMILES string of the molecule is Cc1nc2cc(F)ccc2n1C1CCN(S(=O)(=O)c2ccccc2F)CC1. The molecule has 0 atom stereocenters. The van der Waals surface area contributed by atoms with E-state index in [1.165, 1.54) is 34.6 Å². The van der Waals surface area contributed by atoms with Gasteiger partial charge in [-0.05, 0) is 44.0 Å². The van der Waals surface area contributed by atoms with Gasteiger partial charge in [-0.25, -0.2) is 22.2 Å². The number of aromatic nitrogens is 2. The van der Waals surface area contributed by atoms with Crippen LogP contribution in [0.1, 0.15) is 24.7 Å². The maximum absolute atomic E-state index is 14.0. The number of rotatable bonds is 3. The van der Waals surface area contributed by atoms with Gasteiger partial charge in [0.05, 0.1) is 11.0 Å². The summed E-state index contributed by atoms with van der Waals surface area (Å²) < 4.78 is 56.3. The van der Waals surface area contributed by atoms with Gasteiger partial charge in [-0.1, -0.05) is 12.1 Å². The average Bonchev–Trinajstić information content (AvgIpc) is 2.96. The van der Waals surface area contributed by atoms with Gasteiger partial charge in [-0.2, -0.15) is 4.31 Å². The molecular weight excluding hydrogens is 372 g/mol. The highest BCUT2D eigenvalue weighted by molar-refractivity contribution is 7.89. The maximum Gasteiger partial charge on any atom is 0.245 e. The van der Waals surface area contributed by atoms with E-state index in [0.29, 0.717) is 31.4 Å². The largest absolute Gasteiger partial charge is 0.325 e. The van der Waals surface area contributed by atoms with E-state index in [-0.39, 0.29) is 16.8 Å². The molecule has 0 radical (unpaired) electrons. The summed E-state index contributed by atoms with van der Waals surface area (Å²) >= 11 is 0. The third-order valence-electron chi connectivity index (χ3n) is 5.07. The maximum atomic E-state index is 14.0. The van der Waals surface area contributed by atoms with E-state index in [2.05, 4.69) is 4.98 Å².